The van der Waals surface area contributed by atoms with E-state index in [-0.39, 0.29) is 12.5 Å². The SMILES string of the molecule is CC(C)CC(O)C(CCCCCCCCO)OS(=O)(=O)[O-]. The highest BCUT2D eigenvalue weighted by atomic mass is 32.3. The minimum Gasteiger partial charge on any atom is -0.726 e. The molecule has 0 amide bonds. The fourth-order valence-electron chi connectivity index (χ4n) is 2.26. The van der Waals surface area contributed by atoms with Crippen LogP contribution in [0.2, 0.25) is 0 Å². The normalized spacial score (nSPS) is 15.3. The minimum atomic E-state index is -4.80. The summed E-state index contributed by atoms with van der Waals surface area (Å²) in [6, 6.07) is 0. The van der Waals surface area contributed by atoms with Crippen molar-refractivity contribution in [3.05, 3.63) is 0 Å². The molecule has 21 heavy (non-hydrogen) atoms. The molecule has 2 atom stereocenters. The Morgan fingerprint density at radius 1 is 1.05 bits per heavy atom. The molecule has 128 valence electrons. The summed E-state index contributed by atoms with van der Waals surface area (Å²) in [5.41, 5.74) is 0. The Morgan fingerprint density at radius 3 is 2.05 bits per heavy atom. The maximum atomic E-state index is 10.7. The molecule has 7 heteroatoms. The summed E-state index contributed by atoms with van der Waals surface area (Å²) in [6.45, 7) is 4.03. The van der Waals surface area contributed by atoms with Gasteiger partial charge in [-0.15, -0.1) is 0 Å². The predicted molar refractivity (Wildman–Crippen MR) is 79.4 cm³/mol. The lowest BCUT2D eigenvalue weighted by Crippen LogP contribution is -2.32. The van der Waals surface area contributed by atoms with Crippen LogP contribution in [0.1, 0.15) is 65.2 Å². The van der Waals surface area contributed by atoms with Crippen LogP contribution in [-0.4, -0.2) is 42.0 Å². The molecule has 0 aliphatic heterocycles. The van der Waals surface area contributed by atoms with Crippen molar-refractivity contribution in [1.82, 2.24) is 0 Å². The lowest BCUT2D eigenvalue weighted by Gasteiger charge is -2.25. The summed E-state index contributed by atoms with van der Waals surface area (Å²) in [7, 11) is -4.80. The van der Waals surface area contributed by atoms with Crippen LogP contribution in [0, 0.1) is 5.92 Å². The molecular weight excluding hydrogens is 296 g/mol. The van der Waals surface area contributed by atoms with Crippen LogP contribution in [0.3, 0.4) is 0 Å². The lowest BCUT2D eigenvalue weighted by atomic mass is 9.98. The van der Waals surface area contributed by atoms with Gasteiger partial charge >= 0.3 is 0 Å². The number of hydrogen-bond acceptors (Lipinski definition) is 6. The van der Waals surface area contributed by atoms with Crippen molar-refractivity contribution < 1.29 is 27.4 Å². The first kappa shape index (κ1) is 20.8. The Hall–Kier alpha value is -0.210. The molecule has 0 radical (unpaired) electrons. The Kier molecular flexibility index (Phi) is 11.3. The lowest BCUT2D eigenvalue weighted by molar-refractivity contribution is 0.0139. The van der Waals surface area contributed by atoms with Gasteiger partial charge in [-0.1, -0.05) is 46.0 Å². The first-order valence-corrected chi connectivity index (χ1v) is 9.02. The highest BCUT2D eigenvalue weighted by Gasteiger charge is 2.23. The zero-order valence-electron chi connectivity index (χ0n) is 13.0. The van der Waals surface area contributed by atoms with Crippen LogP contribution >= 0.6 is 0 Å². The molecule has 0 heterocycles. The largest absolute Gasteiger partial charge is 0.726 e. The van der Waals surface area contributed by atoms with Crippen LogP contribution in [0.25, 0.3) is 0 Å². The Labute approximate surface area is 128 Å². The van der Waals surface area contributed by atoms with Gasteiger partial charge in [0.15, 0.2) is 0 Å². The number of hydrogen-bond donors (Lipinski definition) is 2. The molecule has 0 saturated carbocycles. The predicted octanol–water partition coefficient (Wildman–Crippen LogP) is 1.96. The van der Waals surface area contributed by atoms with E-state index in [0.29, 0.717) is 19.3 Å². The van der Waals surface area contributed by atoms with Crippen molar-refractivity contribution in [3.63, 3.8) is 0 Å². The second-order valence-corrected chi connectivity index (χ2v) is 6.88. The second-order valence-electron chi connectivity index (χ2n) is 5.87. The van der Waals surface area contributed by atoms with Crippen LogP contribution in [0.5, 0.6) is 0 Å². The molecule has 0 rings (SSSR count). The maximum absolute atomic E-state index is 10.7. The molecule has 0 bridgehead atoms. The van der Waals surface area contributed by atoms with Gasteiger partial charge in [-0.3, -0.25) is 4.18 Å². The van der Waals surface area contributed by atoms with E-state index >= 15 is 0 Å². The average molecular weight is 325 g/mol. The summed E-state index contributed by atoms with van der Waals surface area (Å²) in [5.74, 6) is 0.193. The van der Waals surface area contributed by atoms with Crippen LogP contribution in [0.4, 0.5) is 0 Å². The van der Waals surface area contributed by atoms with E-state index in [2.05, 4.69) is 4.18 Å². The highest BCUT2D eigenvalue weighted by Crippen LogP contribution is 2.18. The molecule has 0 aromatic carbocycles. The van der Waals surface area contributed by atoms with Crippen molar-refractivity contribution in [1.29, 1.82) is 0 Å². The molecule has 0 aliphatic rings. The molecule has 2 unspecified atom stereocenters. The summed E-state index contributed by atoms with van der Waals surface area (Å²) in [6.07, 6.45) is 4.22. The third kappa shape index (κ3) is 13.2. The van der Waals surface area contributed by atoms with Gasteiger partial charge in [0.05, 0.1) is 6.10 Å². The van der Waals surface area contributed by atoms with Crippen LogP contribution in [-0.2, 0) is 14.6 Å². The Bertz CT molecular complexity index is 341. The number of aliphatic hydroxyl groups excluding tert-OH is 2. The zero-order valence-corrected chi connectivity index (χ0v) is 13.8. The van der Waals surface area contributed by atoms with E-state index in [1.807, 2.05) is 13.8 Å². The van der Waals surface area contributed by atoms with Gasteiger partial charge < -0.3 is 14.8 Å². The Morgan fingerprint density at radius 2 is 1.57 bits per heavy atom. The molecule has 0 fully saturated rings. The summed E-state index contributed by atoms with van der Waals surface area (Å²) >= 11 is 0. The van der Waals surface area contributed by atoms with Gasteiger partial charge in [-0.05, 0) is 25.2 Å². The number of unbranched alkanes of at least 4 members (excludes halogenated alkanes) is 5. The molecular formula is C14H29O6S-. The first-order valence-electron chi connectivity index (χ1n) is 7.69. The smallest absolute Gasteiger partial charge is 0.217 e. The average Bonchev–Trinajstić information content (AvgIpc) is 2.34. The van der Waals surface area contributed by atoms with E-state index in [9.17, 15) is 18.1 Å². The van der Waals surface area contributed by atoms with Crippen molar-refractivity contribution in [3.8, 4) is 0 Å². The summed E-state index contributed by atoms with van der Waals surface area (Å²) in [5, 5.41) is 18.6. The van der Waals surface area contributed by atoms with Gasteiger partial charge in [-0.25, -0.2) is 8.42 Å². The molecule has 0 aromatic heterocycles. The topological polar surface area (TPSA) is 107 Å². The van der Waals surface area contributed by atoms with Crippen LogP contribution < -0.4 is 0 Å². The van der Waals surface area contributed by atoms with Crippen molar-refractivity contribution >= 4 is 10.4 Å². The fourth-order valence-corrected chi connectivity index (χ4v) is 2.78. The van der Waals surface area contributed by atoms with E-state index in [0.717, 1.165) is 32.1 Å². The Balaban J connectivity index is 4.10. The first-order chi connectivity index (χ1) is 9.76. The third-order valence-corrected chi connectivity index (χ3v) is 3.76. The van der Waals surface area contributed by atoms with E-state index in [4.69, 9.17) is 5.11 Å². The third-order valence-electron chi connectivity index (χ3n) is 3.28. The second kappa shape index (κ2) is 11.4. The van der Waals surface area contributed by atoms with E-state index in [1.165, 1.54) is 0 Å². The van der Waals surface area contributed by atoms with Crippen molar-refractivity contribution in [2.75, 3.05) is 6.61 Å². The molecule has 0 aromatic rings. The quantitative estimate of drug-likeness (QED) is 0.304. The molecule has 0 spiro atoms. The van der Waals surface area contributed by atoms with Gasteiger partial charge in [0.1, 0.15) is 6.10 Å². The summed E-state index contributed by atoms with van der Waals surface area (Å²) in [4.78, 5) is 0. The van der Waals surface area contributed by atoms with E-state index in [1.54, 1.807) is 0 Å². The standard InChI is InChI=1S/C14H30O6S/c1-12(2)11-13(16)14(20-21(17,18)19)9-7-5-3-4-6-8-10-15/h12-16H,3-11H2,1-2H3,(H,17,18,19)/p-1. The van der Waals surface area contributed by atoms with E-state index < -0.39 is 22.6 Å². The number of rotatable bonds is 13. The van der Waals surface area contributed by atoms with Crippen LogP contribution in [0.15, 0.2) is 0 Å². The zero-order chi connectivity index (χ0) is 16.3. The maximum Gasteiger partial charge on any atom is 0.217 e. The molecule has 0 saturated heterocycles. The molecule has 2 N–H and O–H groups in total. The van der Waals surface area contributed by atoms with Crippen molar-refractivity contribution in [2.24, 2.45) is 5.92 Å². The summed E-state index contributed by atoms with van der Waals surface area (Å²) < 4.78 is 36.7. The molecule has 0 aliphatic carbocycles. The number of aliphatic hydroxyl groups is 2. The van der Waals surface area contributed by atoms with Gasteiger partial charge in [0.25, 0.3) is 0 Å². The molecule has 6 nitrogen and oxygen atoms in total. The fraction of sp³-hybridized carbons (Fsp3) is 1.00. The highest BCUT2D eigenvalue weighted by molar-refractivity contribution is 7.80. The minimum absolute atomic E-state index is 0.193. The van der Waals surface area contributed by atoms with Crippen molar-refractivity contribution in [2.45, 2.75) is 77.4 Å². The van der Waals surface area contributed by atoms with Gasteiger partial charge in [-0.2, -0.15) is 0 Å². The monoisotopic (exact) mass is 325 g/mol. The van der Waals surface area contributed by atoms with Gasteiger partial charge in [0.2, 0.25) is 10.4 Å². The van der Waals surface area contributed by atoms with Gasteiger partial charge in [0, 0.05) is 6.61 Å².